The van der Waals surface area contributed by atoms with Crippen LogP contribution in [-0.2, 0) is 14.3 Å². The van der Waals surface area contributed by atoms with Gasteiger partial charge < -0.3 is 14.8 Å². The molecule has 1 spiro atoms. The number of ether oxygens (including phenoxy) is 2. The minimum Gasteiger partial charge on any atom is -0.381 e. The molecule has 2 aliphatic rings. The minimum absolute atomic E-state index is 0.0747. The number of hydrogen-bond acceptors (Lipinski definition) is 4. The van der Waals surface area contributed by atoms with Gasteiger partial charge in [-0.3, -0.25) is 4.79 Å². The second kappa shape index (κ2) is 6.13. The van der Waals surface area contributed by atoms with E-state index < -0.39 is 0 Å². The highest BCUT2D eigenvalue weighted by Crippen LogP contribution is 2.37. The largest absolute Gasteiger partial charge is 0.381 e. The molecule has 0 saturated carbocycles. The van der Waals surface area contributed by atoms with Crippen molar-refractivity contribution >= 4 is 5.78 Å². The van der Waals surface area contributed by atoms with E-state index in [1.807, 2.05) is 0 Å². The molecular weight excluding hydrogens is 230 g/mol. The lowest BCUT2D eigenvalue weighted by molar-refractivity contribution is -0.156. The van der Waals surface area contributed by atoms with Gasteiger partial charge in [-0.1, -0.05) is 13.8 Å². The summed E-state index contributed by atoms with van der Waals surface area (Å²) in [5, 5.41) is 3.22. The Bertz CT molecular complexity index is 279. The quantitative estimate of drug-likeness (QED) is 0.827. The Morgan fingerprint density at radius 3 is 2.72 bits per heavy atom. The van der Waals surface area contributed by atoms with E-state index in [0.29, 0.717) is 18.4 Å². The van der Waals surface area contributed by atoms with Crippen molar-refractivity contribution < 1.29 is 14.3 Å². The topological polar surface area (TPSA) is 47.6 Å². The zero-order chi connectivity index (χ0) is 13.0. The lowest BCUT2D eigenvalue weighted by Gasteiger charge is -2.43. The normalized spacial score (nSPS) is 27.6. The fraction of sp³-hybridized carbons (Fsp3) is 0.929. The van der Waals surface area contributed by atoms with E-state index in [9.17, 15) is 4.79 Å². The van der Waals surface area contributed by atoms with Crippen molar-refractivity contribution in [3.63, 3.8) is 0 Å². The third-order valence-corrected chi connectivity index (χ3v) is 4.04. The summed E-state index contributed by atoms with van der Waals surface area (Å²) in [5.74, 6) is 0.515. The maximum atomic E-state index is 12.2. The maximum absolute atomic E-state index is 12.2. The van der Waals surface area contributed by atoms with Crippen molar-refractivity contribution in [2.24, 2.45) is 5.92 Å². The van der Waals surface area contributed by atoms with Crippen LogP contribution in [0.25, 0.3) is 0 Å². The molecule has 18 heavy (non-hydrogen) atoms. The summed E-state index contributed by atoms with van der Waals surface area (Å²) in [7, 11) is 0. The number of carbonyl (C=O) groups is 1. The van der Waals surface area contributed by atoms with Gasteiger partial charge in [0, 0.05) is 31.8 Å². The zero-order valence-electron chi connectivity index (χ0n) is 11.5. The van der Waals surface area contributed by atoms with E-state index in [-0.39, 0.29) is 11.5 Å². The van der Waals surface area contributed by atoms with Crippen molar-refractivity contribution in [1.29, 1.82) is 0 Å². The molecule has 2 fully saturated rings. The molecular formula is C14H25NO3. The van der Waals surface area contributed by atoms with Gasteiger partial charge in [0.15, 0.2) is 0 Å². The fourth-order valence-electron chi connectivity index (χ4n) is 2.84. The smallest absolute Gasteiger partial charge is 0.149 e. The summed E-state index contributed by atoms with van der Waals surface area (Å²) >= 11 is 0. The fourth-order valence-corrected chi connectivity index (χ4v) is 2.84. The molecule has 2 heterocycles. The molecule has 1 unspecified atom stereocenters. The number of carbonyl (C=O) groups excluding carboxylic acids is 1. The van der Waals surface area contributed by atoms with E-state index >= 15 is 0 Å². The summed E-state index contributed by atoms with van der Waals surface area (Å²) < 4.78 is 11.4. The molecule has 2 rings (SSSR count). The van der Waals surface area contributed by atoms with Gasteiger partial charge >= 0.3 is 0 Å². The Morgan fingerprint density at radius 1 is 1.33 bits per heavy atom. The lowest BCUT2D eigenvalue weighted by atomic mass is 9.79. The summed E-state index contributed by atoms with van der Waals surface area (Å²) in [6.45, 7) is 6.89. The Morgan fingerprint density at radius 2 is 2.06 bits per heavy atom. The Balaban J connectivity index is 1.87. The van der Waals surface area contributed by atoms with Crippen LogP contribution in [0.2, 0.25) is 0 Å². The molecule has 0 aromatic heterocycles. The van der Waals surface area contributed by atoms with Crippen LogP contribution in [0, 0.1) is 5.92 Å². The van der Waals surface area contributed by atoms with Crippen molar-refractivity contribution in [2.75, 3.05) is 26.4 Å². The number of Topliss-reactive ketones (excluding diaryl/α,β-unsaturated/α-hetero) is 1. The molecule has 0 radical (unpaired) electrons. The van der Waals surface area contributed by atoms with E-state index in [4.69, 9.17) is 9.47 Å². The van der Waals surface area contributed by atoms with Crippen molar-refractivity contribution in [2.45, 2.75) is 51.2 Å². The van der Waals surface area contributed by atoms with Crippen LogP contribution in [0.3, 0.4) is 0 Å². The van der Waals surface area contributed by atoms with Gasteiger partial charge in [0.1, 0.15) is 5.78 Å². The van der Waals surface area contributed by atoms with Gasteiger partial charge in [-0.05, 0) is 25.7 Å². The average molecular weight is 255 g/mol. The van der Waals surface area contributed by atoms with Crippen LogP contribution in [0.4, 0.5) is 0 Å². The van der Waals surface area contributed by atoms with Crippen molar-refractivity contribution in [3.8, 4) is 0 Å². The van der Waals surface area contributed by atoms with Crippen molar-refractivity contribution in [3.05, 3.63) is 0 Å². The summed E-state index contributed by atoms with van der Waals surface area (Å²) in [4.78, 5) is 12.2. The Labute approximate surface area is 109 Å². The average Bonchev–Trinajstić information content (AvgIpc) is 2.37. The third kappa shape index (κ3) is 3.53. The van der Waals surface area contributed by atoms with Crippen molar-refractivity contribution in [1.82, 2.24) is 5.32 Å². The number of ketones is 1. The van der Waals surface area contributed by atoms with Gasteiger partial charge in [-0.25, -0.2) is 0 Å². The SMILES string of the molecule is CC(C)NCC(=O)C1CCOC2(CCOCC2)C1. The Hall–Kier alpha value is -0.450. The zero-order valence-corrected chi connectivity index (χ0v) is 11.5. The van der Waals surface area contributed by atoms with E-state index in [1.54, 1.807) is 0 Å². The van der Waals surface area contributed by atoms with E-state index in [0.717, 1.165) is 45.5 Å². The first-order chi connectivity index (χ1) is 8.61. The first-order valence-electron chi connectivity index (χ1n) is 7.09. The molecule has 0 bridgehead atoms. The summed E-state index contributed by atoms with van der Waals surface area (Å²) in [5.41, 5.74) is -0.0747. The molecule has 1 atom stereocenters. The van der Waals surface area contributed by atoms with Crippen LogP contribution < -0.4 is 5.32 Å². The summed E-state index contributed by atoms with van der Waals surface area (Å²) in [6.07, 6.45) is 3.64. The predicted molar refractivity (Wildman–Crippen MR) is 69.6 cm³/mol. The monoisotopic (exact) mass is 255 g/mol. The molecule has 0 amide bonds. The molecule has 4 heteroatoms. The molecule has 0 aliphatic carbocycles. The van der Waals surface area contributed by atoms with Gasteiger partial charge in [0.05, 0.1) is 12.1 Å². The molecule has 2 saturated heterocycles. The number of nitrogens with one attached hydrogen (secondary N) is 1. The third-order valence-electron chi connectivity index (χ3n) is 4.04. The van der Waals surface area contributed by atoms with Crippen LogP contribution in [0.5, 0.6) is 0 Å². The van der Waals surface area contributed by atoms with E-state index in [1.165, 1.54) is 0 Å². The first-order valence-corrected chi connectivity index (χ1v) is 7.09. The molecule has 4 nitrogen and oxygen atoms in total. The minimum atomic E-state index is -0.0747. The number of rotatable bonds is 4. The van der Waals surface area contributed by atoms with Gasteiger partial charge in [-0.15, -0.1) is 0 Å². The highest BCUT2D eigenvalue weighted by Gasteiger charge is 2.40. The molecule has 0 aromatic carbocycles. The molecule has 1 N–H and O–H groups in total. The second-order valence-electron chi connectivity index (χ2n) is 5.84. The van der Waals surface area contributed by atoms with Gasteiger partial charge in [-0.2, -0.15) is 0 Å². The second-order valence-corrected chi connectivity index (χ2v) is 5.84. The molecule has 0 aromatic rings. The summed E-state index contributed by atoms with van der Waals surface area (Å²) in [6, 6.07) is 0.367. The van der Waals surface area contributed by atoms with Crippen LogP contribution in [0.1, 0.15) is 39.5 Å². The first kappa shape index (κ1) is 14.0. The van der Waals surface area contributed by atoms with Crippen LogP contribution >= 0.6 is 0 Å². The van der Waals surface area contributed by atoms with Gasteiger partial charge in [0.2, 0.25) is 0 Å². The molecule has 104 valence electrons. The van der Waals surface area contributed by atoms with Crippen LogP contribution in [-0.4, -0.2) is 43.8 Å². The van der Waals surface area contributed by atoms with E-state index in [2.05, 4.69) is 19.2 Å². The van der Waals surface area contributed by atoms with Gasteiger partial charge in [0.25, 0.3) is 0 Å². The molecule has 2 aliphatic heterocycles. The maximum Gasteiger partial charge on any atom is 0.149 e. The number of hydrogen-bond donors (Lipinski definition) is 1. The highest BCUT2D eigenvalue weighted by molar-refractivity contribution is 5.83. The van der Waals surface area contributed by atoms with Crippen LogP contribution in [0.15, 0.2) is 0 Å². The predicted octanol–water partition coefficient (Wildman–Crippen LogP) is 1.53. The standard InChI is InChI=1S/C14H25NO3/c1-11(2)15-10-13(16)12-3-6-18-14(9-12)4-7-17-8-5-14/h11-12,15H,3-10H2,1-2H3. The Kier molecular flexibility index (Phi) is 4.76. The lowest BCUT2D eigenvalue weighted by Crippen LogP contribution is -2.47. The highest BCUT2D eigenvalue weighted by atomic mass is 16.5.